The van der Waals surface area contributed by atoms with Crippen molar-refractivity contribution in [2.45, 2.75) is 19.8 Å². The summed E-state index contributed by atoms with van der Waals surface area (Å²) in [6.07, 6.45) is 0.282. The van der Waals surface area contributed by atoms with Crippen LogP contribution >= 0.6 is 0 Å². The Balaban J connectivity index is 2.15. The SMILES string of the molecule is CCN(CCC(=O)O)C(=O)Cc1cccc2ccccc12. The van der Waals surface area contributed by atoms with Crippen LogP contribution in [0, 0.1) is 0 Å². The molecule has 0 aliphatic carbocycles. The molecule has 0 atom stereocenters. The first-order chi connectivity index (χ1) is 10.1. The number of amides is 1. The van der Waals surface area contributed by atoms with Crippen LogP contribution in [0.5, 0.6) is 0 Å². The van der Waals surface area contributed by atoms with E-state index in [1.807, 2.05) is 49.4 Å². The Labute approximate surface area is 124 Å². The molecule has 4 heteroatoms. The summed E-state index contributed by atoms with van der Waals surface area (Å²) in [7, 11) is 0. The number of hydrogen-bond donors (Lipinski definition) is 1. The Hall–Kier alpha value is -2.36. The Morgan fingerprint density at radius 3 is 2.52 bits per heavy atom. The fourth-order valence-corrected chi connectivity index (χ4v) is 2.41. The number of carbonyl (C=O) groups excluding carboxylic acids is 1. The van der Waals surface area contributed by atoms with Gasteiger partial charge in [0.1, 0.15) is 0 Å². The minimum Gasteiger partial charge on any atom is -0.481 e. The highest BCUT2D eigenvalue weighted by molar-refractivity contribution is 5.90. The van der Waals surface area contributed by atoms with E-state index in [4.69, 9.17) is 5.11 Å². The third kappa shape index (κ3) is 3.81. The quantitative estimate of drug-likeness (QED) is 0.887. The Bertz CT molecular complexity index is 646. The minimum atomic E-state index is -0.883. The number of nitrogens with zero attached hydrogens (tertiary/aromatic N) is 1. The van der Waals surface area contributed by atoms with Crippen molar-refractivity contribution in [1.29, 1.82) is 0 Å². The van der Waals surface area contributed by atoms with Gasteiger partial charge >= 0.3 is 5.97 Å². The van der Waals surface area contributed by atoms with Crippen LogP contribution in [0.2, 0.25) is 0 Å². The maximum absolute atomic E-state index is 12.3. The Kier molecular flexibility index (Phi) is 4.93. The second kappa shape index (κ2) is 6.88. The molecule has 0 spiro atoms. The first-order valence-corrected chi connectivity index (χ1v) is 7.08. The zero-order valence-corrected chi connectivity index (χ0v) is 12.1. The lowest BCUT2D eigenvalue weighted by molar-refractivity contribution is -0.138. The van der Waals surface area contributed by atoms with E-state index in [9.17, 15) is 9.59 Å². The maximum atomic E-state index is 12.3. The van der Waals surface area contributed by atoms with Gasteiger partial charge in [-0.1, -0.05) is 42.5 Å². The van der Waals surface area contributed by atoms with Crippen LogP contribution in [-0.4, -0.2) is 35.0 Å². The van der Waals surface area contributed by atoms with E-state index in [2.05, 4.69) is 0 Å². The van der Waals surface area contributed by atoms with E-state index in [0.717, 1.165) is 16.3 Å². The third-order valence-electron chi connectivity index (χ3n) is 3.55. The van der Waals surface area contributed by atoms with Crippen molar-refractivity contribution < 1.29 is 14.7 Å². The molecule has 1 amide bonds. The molecule has 21 heavy (non-hydrogen) atoms. The molecular weight excluding hydrogens is 266 g/mol. The molecule has 0 heterocycles. The lowest BCUT2D eigenvalue weighted by Crippen LogP contribution is -2.34. The number of carbonyl (C=O) groups is 2. The third-order valence-corrected chi connectivity index (χ3v) is 3.55. The lowest BCUT2D eigenvalue weighted by atomic mass is 10.0. The van der Waals surface area contributed by atoms with Gasteiger partial charge in [-0.15, -0.1) is 0 Å². The van der Waals surface area contributed by atoms with Gasteiger partial charge in [0.25, 0.3) is 0 Å². The molecule has 0 aliphatic rings. The Morgan fingerprint density at radius 2 is 1.81 bits per heavy atom. The number of aliphatic carboxylic acids is 1. The Morgan fingerprint density at radius 1 is 1.10 bits per heavy atom. The largest absolute Gasteiger partial charge is 0.481 e. The molecule has 2 aromatic carbocycles. The van der Waals surface area contributed by atoms with Crippen LogP contribution in [0.4, 0.5) is 0 Å². The van der Waals surface area contributed by atoms with E-state index in [1.54, 1.807) is 4.90 Å². The number of likely N-dealkylation sites (N-methyl/N-ethyl adjacent to an activating group) is 1. The summed E-state index contributed by atoms with van der Waals surface area (Å²) in [6.45, 7) is 2.65. The van der Waals surface area contributed by atoms with Crippen LogP contribution in [-0.2, 0) is 16.0 Å². The van der Waals surface area contributed by atoms with Crippen LogP contribution in [0.15, 0.2) is 42.5 Å². The average molecular weight is 285 g/mol. The molecule has 0 saturated heterocycles. The molecule has 0 fully saturated rings. The predicted octanol–water partition coefficient (Wildman–Crippen LogP) is 2.71. The van der Waals surface area contributed by atoms with Crippen molar-refractivity contribution in [2.24, 2.45) is 0 Å². The van der Waals surface area contributed by atoms with Crippen molar-refractivity contribution >= 4 is 22.6 Å². The molecule has 2 aromatic rings. The number of rotatable bonds is 6. The molecule has 1 N–H and O–H groups in total. The number of hydrogen-bond acceptors (Lipinski definition) is 2. The molecule has 4 nitrogen and oxygen atoms in total. The fourth-order valence-electron chi connectivity index (χ4n) is 2.41. The van der Waals surface area contributed by atoms with Crippen LogP contribution in [0.1, 0.15) is 18.9 Å². The van der Waals surface area contributed by atoms with E-state index < -0.39 is 5.97 Å². The van der Waals surface area contributed by atoms with Gasteiger partial charge < -0.3 is 10.0 Å². The smallest absolute Gasteiger partial charge is 0.305 e. The van der Waals surface area contributed by atoms with Gasteiger partial charge in [0.2, 0.25) is 5.91 Å². The normalized spacial score (nSPS) is 10.5. The highest BCUT2D eigenvalue weighted by atomic mass is 16.4. The topological polar surface area (TPSA) is 57.6 Å². The summed E-state index contributed by atoms with van der Waals surface area (Å²) in [5.74, 6) is -0.915. The van der Waals surface area contributed by atoms with Crippen LogP contribution in [0.3, 0.4) is 0 Å². The van der Waals surface area contributed by atoms with Crippen molar-refractivity contribution in [3.05, 3.63) is 48.0 Å². The van der Waals surface area contributed by atoms with Gasteiger partial charge in [-0.25, -0.2) is 0 Å². The van der Waals surface area contributed by atoms with E-state index in [-0.39, 0.29) is 18.9 Å². The number of carboxylic acids is 1. The van der Waals surface area contributed by atoms with Crippen molar-refractivity contribution in [3.8, 4) is 0 Å². The predicted molar refractivity (Wildman–Crippen MR) is 82.2 cm³/mol. The summed E-state index contributed by atoms with van der Waals surface area (Å²) in [5.41, 5.74) is 0.979. The summed E-state index contributed by atoms with van der Waals surface area (Å²) >= 11 is 0. The highest BCUT2D eigenvalue weighted by Gasteiger charge is 2.14. The zero-order chi connectivity index (χ0) is 15.2. The fraction of sp³-hybridized carbons (Fsp3) is 0.294. The van der Waals surface area contributed by atoms with Gasteiger partial charge in [0, 0.05) is 13.1 Å². The molecule has 0 saturated carbocycles. The second-order valence-corrected chi connectivity index (χ2v) is 4.93. The zero-order valence-electron chi connectivity index (χ0n) is 12.1. The molecule has 0 aliphatic heterocycles. The summed E-state index contributed by atoms with van der Waals surface area (Å²) < 4.78 is 0. The lowest BCUT2D eigenvalue weighted by Gasteiger charge is -2.20. The van der Waals surface area contributed by atoms with Crippen LogP contribution < -0.4 is 0 Å². The first kappa shape index (κ1) is 15.0. The molecular formula is C17H19NO3. The van der Waals surface area contributed by atoms with Gasteiger partial charge in [0.05, 0.1) is 12.8 Å². The first-order valence-electron chi connectivity index (χ1n) is 7.08. The van der Waals surface area contributed by atoms with E-state index in [1.165, 1.54) is 0 Å². The molecule has 110 valence electrons. The average Bonchev–Trinajstić information content (AvgIpc) is 2.48. The van der Waals surface area contributed by atoms with Gasteiger partial charge in [-0.05, 0) is 23.3 Å². The molecule has 0 unspecified atom stereocenters. The molecule has 0 aromatic heterocycles. The van der Waals surface area contributed by atoms with Crippen molar-refractivity contribution in [2.75, 3.05) is 13.1 Å². The van der Waals surface area contributed by atoms with Crippen molar-refractivity contribution in [1.82, 2.24) is 4.90 Å². The minimum absolute atomic E-state index is 0.0187. The number of benzene rings is 2. The van der Waals surface area contributed by atoms with Crippen LogP contribution in [0.25, 0.3) is 10.8 Å². The van der Waals surface area contributed by atoms with Crippen molar-refractivity contribution in [3.63, 3.8) is 0 Å². The van der Waals surface area contributed by atoms with Gasteiger partial charge in [-0.2, -0.15) is 0 Å². The maximum Gasteiger partial charge on any atom is 0.305 e. The molecule has 2 rings (SSSR count). The van der Waals surface area contributed by atoms with E-state index >= 15 is 0 Å². The number of fused-ring (bicyclic) bond motifs is 1. The van der Waals surface area contributed by atoms with Gasteiger partial charge in [0.15, 0.2) is 0 Å². The molecule has 0 bridgehead atoms. The second-order valence-electron chi connectivity index (χ2n) is 4.93. The monoisotopic (exact) mass is 285 g/mol. The highest BCUT2D eigenvalue weighted by Crippen LogP contribution is 2.19. The van der Waals surface area contributed by atoms with E-state index in [0.29, 0.717) is 13.0 Å². The summed E-state index contributed by atoms with van der Waals surface area (Å²) in [5, 5.41) is 10.9. The standard InChI is InChI=1S/C17H19NO3/c1-2-18(11-10-17(20)21)16(19)12-14-8-5-7-13-6-3-4-9-15(13)14/h3-9H,2,10-12H2,1H3,(H,20,21). The summed E-state index contributed by atoms with van der Waals surface area (Å²) in [4.78, 5) is 24.6. The number of carboxylic acid groups (broad SMARTS) is 1. The molecule has 0 radical (unpaired) electrons. The van der Waals surface area contributed by atoms with Gasteiger partial charge in [-0.3, -0.25) is 9.59 Å². The summed E-state index contributed by atoms with van der Waals surface area (Å²) in [6, 6.07) is 13.9.